The van der Waals surface area contributed by atoms with E-state index in [1.54, 1.807) is 0 Å². The molecule has 0 heteroatoms. The Morgan fingerprint density at radius 2 is 1.57 bits per heavy atom. The van der Waals surface area contributed by atoms with Gasteiger partial charge < -0.3 is 0 Å². The average molecular weight is 190 g/mol. The predicted molar refractivity (Wildman–Crippen MR) is 63.8 cm³/mol. The second kappa shape index (κ2) is 4.63. The van der Waals surface area contributed by atoms with E-state index in [9.17, 15) is 0 Å². The van der Waals surface area contributed by atoms with Crippen molar-refractivity contribution in [3.63, 3.8) is 0 Å². The van der Waals surface area contributed by atoms with Crippen LogP contribution in [0, 0.1) is 0 Å². The zero-order chi connectivity index (χ0) is 10.6. The van der Waals surface area contributed by atoms with Gasteiger partial charge >= 0.3 is 0 Å². The van der Waals surface area contributed by atoms with E-state index < -0.39 is 0 Å². The molecule has 1 aromatic rings. The smallest absolute Gasteiger partial charge is 0.0132 e. The third-order valence-electron chi connectivity index (χ3n) is 2.64. The van der Waals surface area contributed by atoms with Gasteiger partial charge in [-0.3, -0.25) is 0 Å². The maximum atomic E-state index is 2.27. The fraction of sp³-hybridized carbons (Fsp3) is 0.571. The Morgan fingerprint density at radius 3 is 2.00 bits per heavy atom. The minimum atomic E-state index is 0.281. The number of rotatable bonds is 3. The van der Waals surface area contributed by atoms with Crippen LogP contribution in [0.4, 0.5) is 0 Å². The van der Waals surface area contributed by atoms with E-state index in [4.69, 9.17) is 0 Å². The maximum Gasteiger partial charge on any atom is -0.0132 e. The molecule has 0 saturated carbocycles. The van der Waals surface area contributed by atoms with Gasteiger partial charge in [-0.15, -0.1) is 0 Å². The Labute approximate surface area is 88.4 Å². The van der Waals surface area contributed by atoms with E-state index >= 15 is 0 Å². The lowest BCUT2D eigenvalue weighted by Gasteiger charge is -2.19. The van der Waals surface area contributed by atoms with Gasteiger partial charge in [-0.2, -0.15) is 0 Å². The van der Waals surface area contributed by atoms with Crippen LogP contribution in [-0.2, 0) is 11.8 Å². The van der Waals surface area contributed by atoms with Gasteiger partial charge in [0.1, 0.15) is 0 Å². The second-order valence-corrected chi connectivity index (χ2v) is 5.05. The van der Waals surface area contributed by atoms with E-state index in [0.717, 1.165) is 0 Å². The van der Waals surface area contributed by atoms with E-state index in [0.29, 0.717) is 0 Å². The van der Waals surface area contributed by atoms with Crippen LogP contribution in [-0.4, -0.2) is 0 Å². The summed E-state index contributed by atoms with van der Waals surface area (Å²) >= 11 is 0. The molecular weight excluding hydrogens is 168 g/mol. The summed E-state index contributed by atoms with van der Waals surface area (Å²) in [6.07, 6.45) is 3.80. The first-order chi connectivity index (χ1) is 6.54. The minimum absolute atomic E-state index is 0.281. The van der Waals surface area contributed by atoms with E-state index in [1.165, 1.54) is 30.4 Å². The predicted octanol–water partition coefficient (Wildman–Crippen LogP) is 4.33. The zero-order valence-electron chi connectivity index (χ0n) is 9.93. The summed E-state index contributed by atoms with van der Waals surface area (Å²) in [6, 6.07) is 9.09. The molecule has 1 rings (SSSR count). The SMILES string of the molecule is CCCCc1ccc(C(C)(C)C)cc1. The minimum Gasteiger partial charge on any atom is -0.0654 e. The van der Waals surface area contributed by atoms with Gasteiger partial charge in [0.15, 0.2) is 0 Å². The van der Waals surface area contributed by atoms with E-state index in [-0.39, 0.29) is 5.41 Å². The average Bonchev–Trinajstić information content (AvgIpc) is 2.14. The lowest BCUT2D eigenvalue weighted by Crippen LogP contribution is -2.10. The number of benzene rings is 1. The van der Waals surface area contributed by atoms with Gasteiger partial charge in [-0.25, -0.2) is 0 Å². The molecule has 78 valence electrons. The number of hydrogen-bond acceptors (Lipinski definition) is 0. The second-order valence-electron chi connectivity index (χ2n) is 5.05. The highest BCUT2D eigenvalue weighted by Crippen LogP contribution is 2.22. The molecule has 0 amide bonds. The summed E-state index contributed by atoms with van der Waals surface area (Å²) in [4.78, 5) is 0. The highest BCUT2D eigenvalue weighted by atomic mass is 14.2. The van der Waals surface area contributed by atoms with Crippen LogP contribution in [0.1, 0.15) is 51.7 Å². The molecular formula is C14H22. The van der Waals surface area contributed by atoms with Crippen molar-refractivity contribution in [2.75, 3.05) is 0 Å². The monoisotopic (exact) mass is 190 g/mol. The van der Waals surface area contributed by atoms with E-state index in [2.05, 4.69) is 52.0 Å². The molecule has 0 bridgehead atoms. The third kappa shape index (κ3) is 3.17. The Bertz CT molecular complexity index is 261. The molecule has 0 unspecified atom stereocenters. The van der Waals surface area contributed by atoms with Gasteiger partial charge in [-0.1, -0.05) is 58.4 Å². The molecule has 14 heavy (non-hydrogen) atoms. The molecule has 0 aliphatic rings. The first kappa shape index (κ1) is 11.3. The number of unbranched alkanes of at least 4 members (excludes halogenated alkanes) is 1. The summed E-state index contributed by atoms with van der Waals surface area (Å²) in [5.74, 6) is 0. The van der Waals surface area contributed by atoms with Crippen molar-refractivity contribution in [2.24, 2.45) is 0 Å². The van der Waals surface area contributed by atoms with E-state index in [1.807, 2.05) is 0 Å². The van der Waals surface area contributed by atoms with Crippen molar-refractivity contribution in [1.29, 1.82) is 0 Å². The van der Waals surface area contributed by atoms with Crippen LogP contribution in [0.2, 0.25) is 0 Å². The number of aryl methyl sites for hydroxylation is 1. The first-order valence-corrected chi connectivity index (χ1v) is 5.63. The Morgan fingerprint density at radius 1 is 1.00 bits per heavy atom. The Kier molecular flexibility index (Phi) is 3.74. The quantitative estimate of drug-likeness (QED) is 0.665. The van der Waals surface area contributed by atoms with Crippen molar-refractivity contribution >= 4 is 0 Å². The standard InChI is InChI=1S/C14H22/c1-5-6-7-12-8-10-13(11-9-12)14(2,3)4/h8-11H,5-7H2,1-4H3. The molecule has 0 aliphatic carbocycles. The van der Waals surface area contributed by atoms with Gasteiger partial charge in [0, 0.05) is 0 Å². The molecule has 0 heterocycles. The summed E-state index contributed by atoms with van der Waals surface area (Å²) in [6.45, 7) is 9.01. The highest BCUT2D eigenvalue weighted by Gasteiger charge is 2.12. The lowest BCUT2D eigenvalue weighted by molar-refractivity contribution is 0.590. The van der Waals surface area contributed by atoms with Gasteiger partial charge in [-0.05, 0) is 29.4 Å². The normalized spacial score (nSPS) is 11.7. The Balaban J connectivity index is 2.69. The summed E-state index contributed by atoms with van der Waals surface area (Å²) < 4.78 is 0. The van der Waals surface area contributed by atoms with Crippen LogP contribution in [0.25, 0.3) is 0 Å². The molecule has 0 fully saturated rings. The van der Waals surface area contributed by atoms with Crippen LogP contribution in [0.3, 0.4) is 0 Å². The summed E-state index contributed by atoms with van der Waals surface area (Å²) in [5, 5.41) is 0. The van der Waals surface area contributed by atoms with Crippen LogP contribution in [0.5, 0.6) is 0 Å². The van der Waals surface area contributed by atoms with Gasteiger partial charge in [0.25, 0.3) is 0 Å². The molecule has 0 spiro atoms. The van der Waals surface area contributed by atoms with Crippen molar-refractivity contribution in [3.8, 4) is 0 Å². The fourth-order valence-corrected chi connectivity index (χ4v) is 1.55. The molecule has 0 radical (unpaired) electrons. The lowest BCUT2D eigenvalue weighted by atomic mass is 9.86. The van der Waals surface area contributed by atoms with Crippen LogP contribution < -0.4 is 0 Å². The van der Waals surface area contributed by atoms with Crippen LogP contribution >= 0.6 is 0 Å². The largest absolute Gasteiger partial charge is 0.0654 e. The van der Waals surface area contributed by atoms with Crippen molar-refractivity contribution in [1.82, 2.24) is 0 Å². The topological polar surface area (TPSA) is 0 Å². The zero-order valence-corrected chi connectivity index (χ0v) is 9.93. The Hall–Kier alpha value is -0.780. The summed E-state index contributed by atoms with van der Waals surface area (Å²) in [7, 11) is 0. The van der Waals surface area contributed by atoms with Gasteiger partial charge in [0.2, 0.25) is 0 Å². The van der Waals surface area contributed by atoms with Crippen molar-refractivity contribution in [3.05, 3.63) is 35.4 Å². The molecule has 0 atom stereocenters. The highest BCUT2D eigenvalue weighted by molar-refractivity contribution is 5.27. The molecule has 0 nitrogen and oxygen atoms in total. The molecule has 0 N–H and O–H groups in total. The molecule has 1 aromatic carbocycles. The first-order valence-electron chi connectivity index (χ1n) is 5.63. The molecule has 0 aromatic heterocycles. The maximum absolute atomic E-state index is 2.27. The molecule has 0 saturated heterocycles. The third-order valence-corrected chi connectivity index (χ3v) is 2.64. The van der Waals surface area contributed by atoms with Crippen molar-refractivity contribution in [2.45, 2.75) is 52.4 Å². The number of hydrogen-bond donors (Lipinski definition) is 0. The van der Waals surface area contributed by atoms with Crippen molar-refractivity contribution < 1.29 is 0 Å². The summed E-state index contributed by atoms with van der Waals surface area (Å²) in [5.41, 5.74) is 3.18. The fourth-order valence-electron chi connectivity index (χ4n) is 1.55. The van der Waals surface area contributed by atoms with Gasteiger partial charge in [0.05, 0.1) is 0 Å². The van der Waals surface area contributed by atoms with Crippen LogP contribution in [0.15, 0.2) is 24.3 Å². The molecule has 0 aliphatic heterocycles.